The molecule has 0 radical (unpaired) electrons. The van der Waals surface area contributed by atoms with Crippen molar-refractivity contribution in [1.82, 2.24) is 4.98 Å². The number of nitrogens with one attached hydrogen (secondary N) is 1. The van der Waals surface area contributed by atoms with E-state index < -0.39 is 0 Å². The number of para-hydroxylation sites is 1. The molecule has 2 aromatic rings. The second-order valence-electron chi connectivity index (χ2n) is 3.65. The van der Waals surface area contributed by atoms with Gasteiger partial charge in [-0.3, -0.25) is 0 Å². The molecule has 5 heteroatoms. The van der Waals surface area contributed by atoms with E-state index in [0.29, 0.717) is 11.0 Å². The Morgan fingerprint density at radius 3 is 2.78 bits per heavy atom. The monoisotopic (exact) mass is 310 g/mol. The Morgan fingerprint density at radius 1 is 1.39 bits per heavy atom. The number of hydrogen-bond acceptors (Lipinski definition) is 4. The molecule has 0 spiro atoms. The van der Waals surface area contributed by atoms with Crippen molar-refractivity contribution in [3.8, 4) is 0 Å². The van der Waals surface area contributed by atoms with Gasteiger partial charge in [0.15, 0.2) is 0 Å². The van der Waals surface area contributed by atoms with E-state index in [1.807, 2.05) is 37.3 Å². The first-order valence-electron chi connectivity index (χ1n) is 5.67. The van der Waals surface area contributed by atoms with Crippen LogP contribution >= 0.6 is 0 Å². The van der Waals surface area contributed by atoms with Gasteiger partial charge in [-0.05, 0) is 0 Å². The summed E-state index contributed by atoms with van der Waals surface area (Å²) in [5, 5.41) is 3.23. The van der Waals surface area contributed by atoms with E-state index in [1.165, 1.54) is 0 Å². The fourth-order valence-electron chi connectivity index (χ4n) is 1.48. The van der Waals surface area contributed by atoms with Crippen LogP contribution in [0.5, 0.6) is 0 Å². The molecule has 1 aromatic heterocycles. The maximum atomic E-state index is 11.7. The van der Waals surface area contributed by atoms with Crippen LogP contribution in [0.4, 0.5) is 10.4 Å². The number of nitrogens with zero attached hydrogens (tertiary/aromatic N) is 1. The van der Waals surface area contributed by atoms with Crippen molar-refractivity contribution >= 4 is 30.9 Å². The number of anilines is 2. The molecule has 0 aliphatic rings. The van der Waals surface area contributed by atoms with Crippen molar-refractivity contribution in [3.63, 3.8) is 0 Å². The van der Waals surface area contributed by atoms with E-state index in [2.05, 4.69) is 10.3 Å². The molecule has 0 saturated carbocycles. The third kappa shape index (κ3) is 3.00. The van der Waals surface area contributed by atoms with Crippen molar-refractivity contribution in [3.05, 3.63) is 40.5 Å². The second kappa shape index (κ2) is 5.85. The van der Waals surface area contributed by atoms with Gasteiger partial charge in [-0.1, -0.05) is 0 Å². The van der Waals surface area contributed by atoms with Crippen molar-refractivity contribution in [2.75, 3.05) is 11.9 Å². The predicted molar refractivity (Wildman–Crippen MR) is 71.6 cm³/mol. The number of hydrogen-bond donors (Lipinski definition) is 1. The summed E-state index contributed by atoms with van der Waals surface area (Å²) in [6.45, 7) is 4.04. The van der Waals surface area contributed by atoms with E-state index >= 15 is 0 Å². The molecule has 0 unspecified atom stereocenters. The van der Waals surface area contributed by atoms with Crippen LogP contribution in [-0.4, -0.2) is 32.1 Å². The van der Waals surface area contributed by atoms with Gasteiger partial charge < -0.3 is 0 Å². The van der Waals surface area contributed by atoms with E-state index in [-0.39, 0.29) is 20.5 Å². The van der Waals surface area contributed by atoms with Gasteiger partial charge in [0.1, 0.15) is 0 Å². The van der Waals surface area contributed by atoms with Crippen LogP contribution in [0.1, 0.15) is 21.8 Å². The molecule has 0 fully saturated rings. The summed E-state index contributed by atoms with van der Waals surface area (Å²) < 4.78 is 6.55. The molecule has 1 aromatic carbocycles. The molecule has 0 aliphatic heterocycles. The van der Waals surface area contributed by atoms with Crippen molar-refractivity contribution in [2.45, 2.75) is 13.8 Å². The van der Waals surface area contributed by atoms with E-state index in [4.69, 9.17) is 4.74 Å². The topological polar surface area (TPSA) is 51.2 Å². The van der Waals surface area contributed by atoms with Gasteiger partial charge in [-0.15, -0.1) is 0 Å². The fraction of sp³-hybridized carbons (Fsp3) is 0.231. The Kier molecular flexibility index (Phi) is 4.18. The fourth-order valence-corrected chi connectivity index (χ4v) is 3.33. The van der Waals surface area contributed by atoms with Gasteiger partial charge in [-0.2, -0.15) is 0 Å². The zero-order valence-corrected chi connectivity index (χ0v) is 12.0. The van der Waals surface area contributed by atoms with Crippen LogP contribution in [0.15, 0.2) is 30.3 Å². The Balaban J connectivity index is 2.16. The minimum absolute atomic E-state index is 0.105. The first-order chi connectivity index (χ1) is 8.70. The molecule has 0 atom stereocenters. The Morgan fingerprint density at radius 2 is 2.11 bits per heavy atom. The Hall–Kier alpha value is -1.58. The number of rotatable bonds is 4. The Bertz CT molecular complexity index is 537. The number of aryl methyl sites for hydroxylation is 1. The summed E-state index contributed by atoms with van der Waals surface area (Å²) in [4.78, 5) is 16.1. The van der Waals surface area contributed by atoms with Gasteiger partial charge in [0.25, 0.3) is 0 Å². The third-order valence-electron chi connectivity index (χ3n) is 2.28. The molecule has 2 rings (SSSR count). The number of benzene rings is 1. The van der Waals surface area contributed by atoms with Crippen LogP contribution in [0, 0.1) is 6.92 Å². The molecule has 0 amide bonds. The molecule has 1 N–H and O–H groups in total. The number of esters is 1. The van der Waals surface area contributed by atoms with Gasteiger partial charge in [0, 0.05) is 0 Å². The molecule has 18 heavy (non-hydrogen) atoms. The van der Waals surface area contributed by atoms with Crippen molar-refractivity contribution in [2.24, 2.45) is 0 Å². The summed E-state index contributed by atoms with van der Waals surface area (Å²) in [5.41, 5.74) is 1.74. The van der Waals surface area contributed by atoms with E-state index in [0.717, 1.165) is 16.1 Å². The van der Waals surface area contributed by atoms with Crippen LogP contribution in [0.25, 0.3) is 0 Å². The number of carbonyl (C=O) groups is 1. The van der Waals surface area contributed by atoms with Gasteiger partial charge in [-0.25, -0.2) is 0 Å². The number of aromatic nitrogens is 1. The first-order valence-corrected chi connectivity index (χ1v) is 7.38. The predicted octanol–water partition coefficient (Wildman–Crippen LogP) is 2.37. The molecule has 1 heterocycles. The van der Waals surface area contributed by atoms with E-state index in [1.54, 1.807) is 6.92 Å². The second-order valence-corrected chi connectivity index (χ2v) is 5.74. The van der Waals surface area contributed by atoms with Crippen LogP contribution in [0.3, 0.4) is 0 Å². The van der Waals surface area contributed by atoms with Crippen LogP contribution in [-0.2, 0) is 4.74 Å². The SMILES string of the molecule is CCOC(=O)c1[se]c(Nc2ccccc2)nc1C. The average Bonchev–Trinajstić information content (AvgIpc) is 2.72. The molecule has 4 nitrogen and oxygen atoms in total. The molecular formula is C13H14N2O2Se. The zero-order chi connectivity index (χ0) is 13.0. The van der Waals surface area contributed by atoms with Gasteiger partial charge in [0.2, 0.25) is 0 Å². The van der Waals surface area contributed by atoms with E-state index in [9.17, 15) is 4.79 Å². The molecule has 0 aliphatic carbocycles. The summed E-state index contributed by atoms with van der Waals surface area (Å²) in [6.07, 6.45) is 0. The Labute approximate surface area is 112 Å². The van der Waals surface area contributed by atoms with Gasteiger partial charge in [0.05, 0.1) is 0 Å². The summed E-state index contributed by atoms with van der Waals surface area (Å²) >= 11 is -0.105. The van der Waals surface area contributed by atoms with Crippen molar-refractivity contribution < 1.29 is 9.53 Å². The quantitative estimate of drug-likeness (QED) is 0.696. The summed E-state index contributed by atoms with van der Waals surface area (Å²) in [6, 6.07) is 9.81. The van der Waals surface area contributed by atoms with Crippen LogP contribution < -0.4 is 5.32 Å². The molecule has 0 saturated heterocycles. The van der Waals surface area contributed by atoms with Crippen LogP contribution in [0.2, 0.25) is 0 Å². The summed E-state index contributed by atoms with van der Waals surface area (Å²) in [5.74, 6) is -0.247. The standard InChI is InChI=1S/C13H14N2O2Se/c1-3-17-12(16)11-9(2)14-13(18-11)15-10-7-5-4-6-8-10/h4-8H,3H2,1-2H3,(H,14,15). The van der Waals surface area contributed by atoms with Crippen molar-refractivity contribution in [1.29, 1.82) is 0 Å². The molecule has 0 bridgehead atoms. The third-order valence-corrected chi connectivity index (χ3v) is 4.49. The summed E-state index contributed by atoms with van der Waals surface area (Å²) in [7, 11) is 0. The normalized spacial score (nSPS) is 10.1. The molecule has 94 valence electrons. The molecular weight excluding hydrogens is 295 g/mol. The zero-order valence-electron chi connectivity index (χ0n) is 10.3. The minimum atomic E-state index is -0.247. The maximum absolute atomic E-state index is 11.7. The average molecular weight is 309 g/mol. The number of carbonyl (C=O) groups excluding carboxylic acids is 1. The first kappa shape index (κ1) is 12.9. The number of ether oxygens (including phenoxy) is 1. The van der Waals surface area contributed by atoms with Gasteiger partial charge >= 0.3 is 112 Å².